The highest BCUT2D eigenvalue weighted by Crippen LogP contribution is 2.39. The molecule has 0 saturated heterocycles. The lowest BCUT2D eigenvalue weighted by atomic mass is 9.79. The fourth-order valence-electron chi connectivity index (χ4n) is 3.75. The van der Waals surface area contributed by atoms with Crippen molar-refractivity contribution in [2.24, 2.45) is 0 Å². The molecule has 2 saturated carbocycles. The zero-order valence-corrected chi connectivity index (χ0v) is 10.8. The summed E-state index contributed by atoms with van der Waals surface area (Å²) in [6.07, 6.45) is 16.2. The summed E-state index contributed by atoms with van der Waals surface area (Å²) in [6, 6.07) is 0. The van der Waals surface area contributed by atoms with E-state index in [0.717, 1.165) is 11.8 Å². The van der Waals surface area contributed by atoms with Gasteiger partial charge < -0.3 is 0 Å². The monoisotopic (exact) mass is 232 g/mol. The van der Waals surface area contributed by atoms with Gasteiger partial charge in [0, 0.05) is 12.1 Å². The van der Waals surface area contributed by atoms with Gasteiger partial charge in [-0.05, 0) is 37.2 Å². The summed E-state index contributed by atoms with van der Waals surface area (Å²) in [5.41, 5.74) is 2.99. The Morgan fingerprint density at radius 2 is 1.41 bits per heavy atom. The topological polar surface area (TPSA) is 28.7 Å². The van der Waals surface area contributed by atoms with Gasteiger partial charge in [-0.2, -0.15) is 5.10 Å². The molecule has 17 heavy (non-hydrogen) atoms. The first-order valence-electron chi connectivity index (χ1n) is 7.48. The Morgan fingerprint density at radius 1 is 0.824 bits per heavy atom. The highest BCUT2D eigenvalue weighted by molar-refractivity contribution is 5.25. The van der Waals surface area contributed by atoms with Crippen LogP contribution < -0.4 is 0 Å². The lowest BCUT2D eigenvalue weighted by Crippen LogP contribution is -2.11. The molecule has 1 aromatic heterocycles. The fraction of sp³-hybridized carbons (Fsp3) is 0.800. The molecule has 1 N–H and O–H groups in total. The molecule has 1 aromatic rings. The standard InChI is InChI=1S/C15H24N2/c1-3-7-12(8-4-1)14-11-16-17-15(14)13-9-5-2-6-10-13/h11-13H,1-10H2,(H,16,17). The molecule has 2 nitrogen and oxygen atoms in total. The van der Waals surface area contributed by atoms with Crippen molar-refractivity contribution >= 4 is 0 Å². The highest BCUT2D eigenvalue weighted by Gasteiger charge is 2.25. The van der Waals surface area contributed by atoms with E-state index in [2.05, 4.69) is 16.4 Å². The minimum absolute atomic E-state index is 0.756. The van der Waals surface area contributed by atoms with Gasteiger partial charge in [0.1, 0.15) is 0 Å². The summed E-state index contributed by atoms with van der Waals surface area (Å²) in [4.78, 5) is 0. The van der Waals surface area contributed by atoms with Gasteiger partial charge in [0.15, 0.2) is 0 Å². The van der Waals surface area contributed by atoms with Crippen LogP contribution in [0.2, 0.25) is 0 Å². The Morgan fingerprint density at radius 3 is 2.06 bits per heavy atom. The number of H-pyrrole nitrogens is 1. The second-order valence-corrected chi connectivity index (χ2v) is 5.90. The van der Waals surface area contributed by atoms with Gasteiger partial charge in [0.05, 0.1) is 5.69 Å². The van der Waals surface area contributed by atoms with Crippen LogP contribution >= 0.6 is 0 Å². The molecule has 94 valence electrons. The van der Waals surface area contributed by atoms with Crippen LogP contribution in [-0.2, 0) is 0 Å². The highest BCUT2D eigenvalue weighted by atomic mass is 15.1. The Bertz CT molecular complexity index is 311. The van der Waals surface area contributed by atoms with Crippen LogP contribution in [-0.4, -0.2) is 10.2 Å². The third-order valence-electron chi connectivity index (χ3n) is 4.74. The maximum absolute atomic E-state index is 4.59. The quantitative estimate of drug-likeness (QED) is 0.798. The molecular formula is C15H24N2. The van der Waals surface area contributed by atoms with Crippen molar-refractivity contribution in [1.29, 1.82) is 0 Å². The van der Waals surface area contributed by atoms with Crippen LogP contribution in [0, 0.1) is 0 Å². The molecule has 2 heteroatoms. The Labute approximate surface area is 104 Å². The summed E-state index contributed by atoms with van der Waals surface area (Å²) in [5, 5.41) is 7.73. The van der Waals surface area contributed by atoms with E-state index in [1.165, 1.54) is 69.9 Å². The molecule has 0 spiro atoms. The largest absolute Gasteiger partial charge is 0.285 e. The Hall–Kier alpha value is -0.790. The van der Waals surface area contributed by atoms with Gasteiger partial charge in [-0.15, -0.1) is 0 Å². The number of nitrogens with one attached hydrogen (secondary N) is 1. The van der Waals surface area contributed by atoms with Crippen LogP contribution in [0.4, 0.5) is 0 Å². The van der Waals surface area contributed by atoms with Gasteiger partial charge in [0.25, 0.3) is 0 Å². The lowest BCUT2D eigenvalue weighted by molar-refractivity contribution is 0.415. The minimum Gasteiger partial charge on any atom is -0.285 e. The van der Waals surface area contributed by atoms with Gasteiger partial charge >= 0.3 is 0 Å². The van der Waals surface area contributed by atoms with Gasteiger partial charge in [-0.3, -0.25) is 5.10 Å². The van der Waals surface area contributed by atoms with Gasteiger partial charge in [0.2, 0.25) is 0 Å². The second kappa shape index (κ2) is 5.24. The van der Waals surface area contributed by atoms with Crippen molar-refractivity contribution in [2.75, 3.05) is 0 Å². The van der Waals surface area contributed by atoms with E-state index in [0.29, 0.717) is 0 Å². The molecule has 0 radical (unpaired) electrons. The molecule has 1 heterocycles. The van der Waals surface area contributed by atoms with E-state index in [1.807, 2.05) is 0 Å². The van der Waals surface area contributed by atoms with Crippen LogP contribution in [0.25, 0.3) is 0 Å². The van der Waals surface area contributed by atoms with E-state index in [1.54, 1.807) is 5.56 Å². The van der Waals surface area contributed by atoms with E-state index < -0.39 is 0 Å². The summed E-state index contributed by atoms with van der Waals surface area (Å²) in [6.45, 7) is 0. The number of hydrogen-bond donors (Lipinski definition) is 1. The third-order valence-corrected chi connectivity index (χ3v) is 4.74. The molecule has 0 aromatic carbocycles. The zero-order chi connectivity index (χ0) is 11.5. The molecule has 2 aliphatic carbocycles. The molecule has 0 bridgehead atoms. The van der Waals surface area contributed by atoms with Crippen molar-refractivity contribution in [1.82, 2.24) is 10.2 Å². The van der Waals surface area contributed by atoms with E-state index in [4.69, 9.17) is 0 Å². The van der Waals surface area contributed by atoms with Gasteiger partial charge in [-0.1, -0.05) is 38.5 Å². The second-order valence-electron chi connectivity index (χ2n) is 5.90. The molecule has 0 atom stereocenters. The van der Waals surface area contributed by atoms with Crippen molar-refractivity contribution < 1.29 is 0 Å². The van der Waals surface area contributed by atoms with E-state index in [9.17, 15) is 0 Å². The summed E-state index contributed by atoms with van der Waals surface area (Å²) in [7, 11) is 0. The fourth-order valence-corrected chi connectivity index (χ4v) is 3.75. The number of nitrogens with zero attached hydrogens (tertiary/aromatic N) is 1. The normalized spacial score (nSPS) is 24.0. The number of aromatic nitrogens is 2. The molecule has 2 aliphatic rings. The number of aromatic amines is 1. The molecule has 0 amide bonds. The van der Waals surface area contributed by atoms with E-state index in [-0.39, 0.29) is 0 Å². The SMILES string of the molecule is c1[nH]nc(C2CCCCC2)c1C1CCCCC1. The van der Waals surface area contributed by atoms with Crippen LogP contribution in [0.5, 0.6) is 0 Å². The Kier molecular flexibility index (Phi) is 3.49. The van der Waals surface area contributed by atoms with Crippen LogP contribution in [0.1, 0.15) is 87.3 Å². The minimum atomic E-state index is 0.756. The first-order chi connectivity index (χ1) is 8.45. The number of hydrogen-bond acceptors (Lipinski definition) is 1. The molecule has 0 unspecified atom stereocenters. The maximum atomic E-state index is 4.59. The average Bonchev–Trinajstić information content (AvgIpc) is 2.90. The van der Waals surface area contributed by atoms with Crippen molar-refractivity contribution in [3.05, 3.63) is 17.5 Å². The summed E-state index contributed by atoms with van der Waals surface area (Å²) < 4.78 is 0. The number of rotatable bonds is 2. The third kappa shape index (κ3) is 2.41. The summed E-state index contributed by atoms with van der Waals surface area (Å²) in [5.74, 6) is 1.56. The predicted octanol–water partition coefficient (Wildman–Crippen LogP) is 4.51. The van der Waals surface area contributed by atoms with Crippen LogP contribution in [0.15, 0.2) is 6.20 Å². The lowest BCUT2D eigenvalue weighted by Gasteiger charge is -2.25. The van der Waals surface area contributed by atoms with Crippen molar-refractivity contribution in [3.8, 4) is 0 Å². The first-order valence-corrected chi connectivity index (χ1v) is 7.48. The predicted molar refractivity (Wildman–Crippen MR) is 70.2 cm³/mol. The maximum Gasteiger partial charge on any atom is 0.0687 e. The molecule has 2 fully saturated rings. The summed E-state index contributed by atoms with van der Waals surface area (Å²) >= 11 is 0. The smallest absolute Gasteiger partial charge is 0.0687 e. The molecule has 0 aliphatic heterocycles. The van der Waals surface area contributed by atoms with Crippen LogP contribution in [0.3, 0.4) is 0 Å². The Balaban J connectivity index is 1.77. The van der Waals surface area contributed by atoms with Crippen molar-refractivity contribution in [2.45, 2.75) is 76.0 Å². The molecule has 3 rings (SSSR count). The first kappa shape index (κ1) is 11.3. The zero-order valence-electron chi connectivity index (χ0n) is 10.8. The average molecular weight is 232 g/mol. The van der Waals surface area contributed by atoms with Gasteiger partial charge in [-0.25, -0.2) is 0 Å². The molecular weight excluding hydrogens is 208 g/mol. The van der Waals surface area contributed by atoms with E-state index >= 15 is 0 Å². The van der Waals surface area contributed by atoms with Crippen molar-refractivity contribution in [3.63, 3.8) is 0 Å².